The number of hydrogen-bond acceptors (Lipinski definition) is 3. The normalized spacial score (nSPS) is 11.4. The van der Waals surface area contributed by atoms with Gasteiger partial charge in [0.05, 0.1) is 0 Å². The first-order chi connectivity index (χ1) is 9.92. The molecular weight excluding hydrogens is 260 g/mol. The van der Waals surface area contributed by atoms with E-state index in [2.05, 4.69) is 49.3 Å². The Hall–Kier alpha value is -1.87. The van der Waals surface area contributed by atoms with Gasteiger partial charge in [0.15, 0.2) is 0 Å². The maximum absolute atomic E-state index is 5.81. The van der Waals surface area contributed by atoms with Crippen LogP contribution in [0, 0.1) is 6.92 Å². The van der Waals surface area contributed by atoms with Gasteiger partial charge in [-0.05, 0) is 44.9 Å². The van der Waals surface area contributed by atoms with Crippen LogP contribution in [-0.4, -0.2) is 10.5 Å². The Morgan fingerprint density at radius 3 is 2.43 bits per heavy atom. The minimum atomic E-state index is 0.0994. The van der Waals surface area contributed by atoms with E-state index < -0.39 is 0 Å². The van der Waals surface area contributed by atoms with Gasteiger partial charge in [0.25, 0.3) is 0 Å². The Morgan fingerprint density at radius 1 is 1.05 bits per heavy atom. The van der Waals surface area contributed by atoms with Gasteiger partial charge in [0.1, 0.15) is 6.61 Å². The van der Waals surface area contributed by atoms with Crippen molar-refractivity contribution in [3.05, 3.63) is 59.3 Å². The fraction of sp³-hybridized carbons (Fsp3) is 0.389. The summed E-state index contributed by atoms with van der Waals surface area (Å²) in [5, 5.41) is 3.48. The lowest BCUT2D eigenvalue weighted by atomic mass is 10.1. The molecule has 0 amide bonds. The number of hydrogen-bond donors (Lipinski definition) is 1. The quantitative estimate of drug-likeness (QED) is 0.905. The largest absolute Gasteiger partial charge is 0.473 e. The summed E-state index contributed by atoms with van der Waals surface area (Å²) in [6.45, 7) is 9.84. The zero-order valence-electron chi connectivity index (χ0n) is 13.3. The lowest BCUT2D eigenvalue weighted by molar-refractivity contribution is 0.292. The summed E-state index contributed by atoms with van der Waals surface area (Å²) in [5.41, 5.74) is 3.42. The number of nitrogens with one attached hydrogen (secondary N) is 1. The molecule has 112 valence electrons. The zero-order valence-corrected chi connectivity index (χ0v) is 13.3. The van der Waals surface area contributed by atoms with Gasteiger partial charge in [-0.2, -0.15) is 0 Å². The average Bonchev–Trinajstić information content (AvgIpc) is 2.43. The van der Waals surface area contributed by atoms with Gasteiger partial charge in [-0.25, -0.2) is 4.98 Å². The standard InChI is InChI=1S/C18H24N2O/c1-14-10-16(12-19-18(2,3)4)11-17(20-14)21-13-15-8-6-5-7-9-15/h5-11,19H,12-13H2,1-4H3. The Balaban J connectivity index is 2.01. The number of aryl methyl sites for hydroxylation is 1. The molecule has 1 N–H and O–H groups in total. The van der Waals surface area contributed by atoms with Gasteiger partial charge in [-0.1, -0.05) is 30.3 Å². The third-order valence-corrected chi connectivity index (χ3v) is 3.04. The van der Waals surface area contributed by atoms with Gasteiger partial charge < -0.3 is 10.1 Å². The molecule has 1 aromatic heterocycles. The van der Waals surface area contributed by atoms with Crippen molar-refractivity contribution in [2.75, 3.05) is 0 Å². The summed E-state index contributed by atoms with van der Waals surface area (Å²) >= 11 is 0. The third-order valence-electron chi connectivity index (χ3n) is 3.04. The molecule has 0 saturated carbocycles. The van der Waals surface area contributed by atoms with Crippen LogP contribution in [0.3, 0.4) is 0 Å². The fourth-order valence-corrected chi connectivity index (χ4v) is 1.98. The van der Waals surface area contributed by atoms with E-state index in [4.69, 9.17) is 4.74 Å². The predicted octanol–water partition coefficient (Wildman–Crippen LogP) is 3.86. The number of rotatable bonds is 5. The molecule has 0 aliphatic carbocycles. The van der Waals surface area contributed by atoms with Crippen LogP contribution in [0.5, 0.6) is 5.88 Å². The van der Waals surface area contributed by atoms with Gasteiger partial charge in [0, 0.05) is 23.8 Å². The van der Waals surface area contributed by atoms with E-state index in [1.165, 1.54) is 5.56 Å². The smallest absolute Gasteiger partial charge is 0.214 e. The molecule has 2 rings (SSSR count). The summed E-state index contributed by atoms with van der Waals surface area (Å²) in [4.78, 5) is 4.44. The predicted molar refractivity (Wildman–Crippen MR) is 86.3 cm³/mol. The second kappa shape index (κ2) is 6.72. The zero-order chi connectivity index (χ0) is 15.3. The molecule has 0 bridgehead atoms. The maximum Gasteiger partial charge on any atom is 0.214 e. The summed E-state index contributed by atoms with van der Waals surface area (Å²) in [6.07, 6.45) is 0. The van der Waals surface area contributed by atoms with Gasteiger partial charge in [-0.15, -0.1) is 0 Å². The number of benzene rings is 1. The van der Waals surface area contributed by atoms with Crippen LogP contribution in [0.25, 0.3) is 0 Å². The summed E-state index contributed by atoms with van der Waals surface area (Å²) in [6, 6.07) is 14.2. The van der Waals surface area contributed by atoms with E-state index >= 15 is 0 Å². The van der Waals surface area contributed by atoms with E-state index in [-0.39, 0.29) is 5.54 Å². The van der Waals surface area contributed by atoms with Crippen LogP contribution in [0.15, 0.2) is 42.5 Å². The maximum atomic E-state index is 5.81. The molecule has 1 heterocycles. The van der Waals surface area contributed by atoms with E-state index in [0.29, 0.717) is 12.5 Å². The van der Waals surface area contributed by atoms with Crippen molar-refractivity contribution in [2.45, 2.75) is 46.4 Å². The van der Waals surface area contributed by atoms with Crippen LogP contribution in [0.4, 0.5) is 0 Å². The first-order valence-electron chi connectivity index (χ1n) is 7.32. The van der Waals surface area contributed by atoms with Gasteiger partial charge >= 0.3 is 0 Å². The molecule has 0 radical (unpaired) electrons. The van der Waals surface area contributed by atoms with Crippen molar-refractivity contribution in [3.8, 4) is 5.88 Å². The van der Waals surface area contributed by atoms with Crippen molar-refractivity contribution in [1.82, 2.24) is 10.3 Å². The average molecular weight is 284 g/mol. The Labute approximate surface area is 127 Å². The molecule has 0 atom stereocenters. The minimum absolute atomic E-state index is 0.0994. The molecule has 0 aliphatic heterocycles. The summed E-state index contributed by atoms with van der Waals surface area (Å²) < 4.78 is 5.81. The third kappa shape index (κ3) is 5.56. The molecule has 3 heteroatoms. The van der Waals surface area contributed by atoms with E-state index in [1.54, 1.807) is 0 Å². The summed E-state index contributed by atoms with van der Waals surface area (Å²) in [5.74, 6) is 0.685. The molecule has 3 nitrogen and oxygen atoms in total. The van der Waals surface area contributed by atoms with Crippen molar-refractivity contribution < 1.29 is 4.74 Å². The fourth-order valence-electron chi connectivity index (χ4n) is 1.98. The molecule has 0 spiro atoms. The van der Waals surface area contributed by atoms with Crippen molar-refractivity contribution in [3.63, 3.8) is 0 Å². The minimum Gasteiger partial charge on any atom is -0.473 e. The lowest BCUT2D eigenvalue weighted by Gasteiger charge is -2.20. The Kier molecular flexibility index (Phi) is 4.97. The molecule has 0 fully saturated rings. The monoisotopic (exact) mass is 284 g/mol. The van der Waals surface area contributed by atoms with Crippen LogP contribution in [0.2, 0.25) is 0 Å². The van der Waals surface area contributed by atoms with Crippen LogP contribution < -0.4 is 10.1 Å². The molecule has 21 heavy (non-hydrogen) atoms. The molecule has 0 aliphatic rings. The van der Waals surface area contributed by atoms with Gasteiger partial charge in [-0.3, -0.25) is 0 Å². The van der Waals surface area contributed by atoms with Crippen LogP contribution in [0.1, 0.15) is 37.6 Å². The lowest BCUT2D eigenvalue weighted by Crippen LogP contribution is -2.35. The van der Waals surface area contributed by atoms with Crippen LogP contribution in [-0.2, 0) is 13.2 Å². The highest BCUT2D eigenvalue weighted by molar-refractivity contribution is 5.25. The SMILES string of the molecule is Cc1cc(CNC(C)(C)C)cc(OCc2ccccc2)n1. The van der Waals surface area contributed by atoms with Crippen molar-refractivity contribution in [2.24, 2.45) is 0 Å². The van der Waals surface area contributed by atoms with Crippen molar-refractivity contribution >= 4 is 0 Å². The van der Waals surface area contributed by atoms with Gasteiger partial charge in [0.2, 0.25) is 5.88 Å². The van der Waals surface area contributed by atoms with E-state index in [1.807, 2.05) is 31.2 Å². The number of pyridine rings is 1. The highest BCUT2D eigenvalue weighted by Crippen LogP contribution is 2.15. The number of nitrogens with zero attached hydrogens (tertiary/aromatic N) is 1. The number of aromatic nitrogens is 1. The van der Waals surface area contributed by atoms with E-state index in [0.717, 1.165) is 17.8 Å². The highest BCUT2D eigenvalue weighted by atomic mass is 16.5. The first kappa shape index (κ1) is 15.5. The molecule has 2 aromatic rings. The Bertz CT molecular complexity index is 574. The second-order valence-electron chi connectivity index (χ2n) is 6.33. The topological polar surface area (TPSA) is 34.1 Å². The molecule has 0 unspecified atom stereocenters. The molecule has 0 saturated heterocycles. The van der Waals surface area contributed by atoms with Crippen molar-refractivity contribution in [1.29, 1.82) is 0 Å². The first-order valence-corrected chi connectivity index (χ1v) is 7.32. The Morgan fingerprint density at radius 2 is 1.76 bits per heavy atom. The molecule has 1 aromatic carbocycles. The second-order valence-corrected chi connectivity index (χ2v) is 6.33. The molecular formula is C18H24N2O. The van der Waals surface area contributed by atoms with E-state index in [9.17, 15) is 0 Å². The highest BCUT2D eigenvalue weighted by Gasteiger charge is 2.09. The summed E-state index contributed by atoms with van der Waals surface area (Å²) in [7, 11) is 0. The number of ether oxygens (including phenoxy) is 1. The van der Waals surface area contributed by atoms with Crippen LogP contribution >= 0.6 is 0 Å².